The van der Waals surface area contributed by atoms with Crippen molar-refractivity contribution in [3.05, 3.63) is 68.8 Å². The van der Waals surface area contributed by atoms with Crippen LogP contribution in [0.15, 0.2) is 34.7 Å². The molecule has 1 aliphatic heterocycles. The number of aryl methyl sites for hydroxylation is 1. The molecule has 1 fully saturated rings. The molecular formula is C39H53Cl2N7O6. The Morgan fingerprint density at radius 2 is 1.72 bits per heavy atom. The first-order valence-corrected chi connectivity index (χ1v) is 18.9. The van der Waals surface area contributed by atoms with E-state index in [4.69, 9.17) is 43.5 Å². The van der Waals surface area contributed by atoms with Gasteiger partial charge >= 0.3 is 0 Å². The summed E-state index contributed by atoms with van der Waals surface area (Å²) in [7, 11) is 1.77. The van der Waals surface area contributed by atoms with Crippen molar-refractivity contribution in [3.63, 3.8) is 0 Å². The summed E-state index contributed by atoms with van der Waals surface area (Å²) in [6, 6.07) is 7.39. The van der Waals surface area contributed by atoms with Gasteiger partial charge in [0, 0.05) is 42.7 Å². The maximum atomic E-state index is 13.6. The van der Waals surface area contributed by atoms with Crippen LogP contribution in [0.2, 0.25) is 10.0 Å². The van der Waals surface area contributed by atoms with Gasteiger partial charge in [-0.15, -0.1) is 0 Å². The first-order chi connectivity index (χ1) is 25.1. The molecule has 0 spiro atoms. The molecule has 3 heterocycles. The van der Waals surface area contributed by atoms with Crippen molar-refractivity contribution >= 4 is 52.5 Å². The van der Waals surface area contributed by atoms with E-state index in [0.717, 1.165) is 12.1 Å². The maximum absolute atomic E-state index is 13.6. The van der Waals surface area contributed by atoms with Crippen LogP contribution in [-0.4, -0.2) is 69.7 Å². The number of halogens is 2. The fraction of sp³-hybridized carbons (Fsp3) is 0.538. The van der Waals surface area contributed by atoms with E-state index < -0.39 is 17.2 Å². The molecule has 1 saturated heterocycles. The summed E-state index contributed by atoms with van der Waals surface area (Å²) in [5.74, 6) is -0.228. The van der Waals surface area contributed by atoms with Gasteiger partial charge in [0.25, 0.3) is 0 Å². The summed E-state index contributed by atoms with van der Waals surface area (Å²) >= 11 is 13.1. The molecule has 0 bridgehead atoms. The van der Waals surface area contributed by atoms with Crippen molar-refractivity contribution in [2.45, 2.75) is 92.7 Å². The highest BCUT2D eigenvalue weighted by molar-refractivity contribution is 6.45. The highest BCUT2D eigenvalue weighted by Crippen LogP contribution is 2.37. The third-order valence-corrected chi connectivity index (χ3v) is 10.2. The number of Topliss-reactive ketones (excluding diaryl/α,β-unsaturated/α-hetero) is 1. The van der Waals surface area contributed by atoms with E-state index in [0.29, 0.717) is 38.1 Å². The minimum atomic E-state index is -0.717. The van der Waals surface area contributed by atoms with Crippen LogP contribution in [0, 0.1) is 22.2 Å². The highest BCUT2D eigenvalue weighted by Gasteiger charge is 2.30. The summed E-state index contributed by atoms with van der Waals surface area (Å²) < 4.78 is 13.2. The maximum Gasteiger partial charge on any atom is 0.243 e. The van der Waals surface area contributed by atoms with E-state index >= 15 is 0 Å². The van der Waals surface area contributed by atoms with Crippen molar-refractivity contribution in [3.8, 4) is 5.75 Å². The van der Waals surface area contributed by atoms with E-state index in [1.54, 1.807) is 40.9 Å². The van der Waals surface area contributed by atoms with Gasteiger partial charge in [-0.2, -0.15) is 5.10 Å². The fourth-order valence-corrected chi connectivity index (χ4v) is 7.26. The van der Waals surface area contributed by atoms with Gasteiger partial charge in [-0.05, 0) is 67.3 Å². The number of aromatic nitrogens is 2. The topological polar surface area (TPSA) is 186 Å². The predicted octanol–water partition coefficient (Wildman–Crippen LogP) is 6.49. The first kappa shape index (κ1) is 42.4. The fourth-order valence-electron chi connectivity index (χ4n) is 6.80. The Morgan fingerprint density at radius 1 is 1.06 bits per heavy atom. The Bertz CT molecular complexity index is 1860. The first-order valence-electron chi connectivity index (χ1n) is 18.1. The van der Waals surface area contributed by atoms with E-state index in [9.17, 15) is 19.2 Å². The molecular weight excluding hydrogens is 733 g/mol. The second-order valence-electron chi connectivity index (χ2n) is 16.4. The predicted molar refractivity (Wildman–Crippen MR) is 208 cm³/mol. The average Bonchev–Trinajstić information content (AvgIpc) is 3.72. The van der Waals surface area contributed by atoms with Crippen LogP contribution in [0.4, 0.5) is 0 Å². The van der Waals surface area contributed by atoms with Gasteiger partial charge in [0.2, 0.25) is 23.4 Å². The molecule has 13 nitrogen and oxygen atoms in total. The number of piperidine rings is 1. The van der Waals surface area contributed by atoms with Crippen molar-refractivity contribution in [1.29, 1.82) is 5.41 Å². The lowest BCUT2D eigenvalue weighted by atomic mass is 9.83. The van der Waals surface area contributed by atoms with E-state index in [1.165, 1.54) is 6.07 Å². The van der Waals surface area contributed by atoms with Crippen LogP contribution >= 0.6 is 23.2 Å². The number of ether oxygens (including phenoxy) is 1. The molecule has 0 saturated carbocycles. The van der Waals surface area contributed by atoms with Crippen molar-refractivity contribution < 1.29 is 28.3 Å². The Hall–Kier alpha value is -4.36. The summed E-state index contributed by atoms with van der Waals surface area (Å²) in [4.78, 5) is 53.9. The zero-order chi connectivity index (χ0) is 40.1. The molecule has 4 rings (SSSR count). The number of carbonyl (C=O) groups is 4. The van der Waals surface area contributed by atoms with Gasteiger partial charge in [0.15, 0.2) is 11.7 Å². The second kappa shape index (κ2) is 17.4. The van der Waals surface area contributed by atoms with Gasteiger partial charge in [-0.1, -0.05) is 71.7 Å². The van der Waals surface area contributed by atoms with Crippen molar-refractivity contribution in [2.24, 2.45) is 29.5 Å². The number of furan rings is 1. The summed E-state index contributed by atoms with van der Waals surface area (Å²) in [5.41, 5.74) is 6.28. The van der Waals surface area contributed by atoms with Gasteiger partial charge in [0.1, 0.15) is 34.9 Å². The molecule has 0 radical (unpaired) electrons. The largest absolute Gasteiger partial charge is 0.484 e. The minimum absolute atomic E-state index is 0.000322. The number of nitrogens with one attached hydrogen (secondary N) is 3. The molecule has 15 heteroatoms. The Kier molecular flexibility index (Phi) is 13.7. The molecule has 54 heavy (non-hydrogen) atoms. The molecule has 3 aromatic rings. The van der Waals surface area contributed by atoms with Gasteiger partial charge in [-0.3, -0.25) is 29.3 Å². The molecule has 1 aromatic carbocycles. The van der Waals surface area contributed by atoms with Crippen LogP contribution in [-0.2, 0) is 23.2 Å². The van der Waals surface area contributed by atoms with Crippen LogP contribution in [0.3, 0.4) is 0 Å². The molecule has 5 N–H and O–H groups in total. The van der Waals surface area contributed by atoms with Gasteiger partial charge in [0.05, 0.1) is 11.6 Å². The lowest BCUT2D eigenvalue weighted by Crippen LogP contribution is -2.52. The number of rotatable bonds is 14. The smallest absolute Gasteiger partial charge is 0.243 e. The molecule has 2 atom stereocenters. The number of carbonyl (C=O) groups excluding carboxylic acids is 4. The standard InChI is InChI=1S/C39H53Cl2N7O6/c1-22(19-38(2,3)4)17-27(45-37(42)43)36(52)44-20-31(49)48-15-13-23(14-16-48)28-18-26(46-47(28)8)34(50)25-10-12-29(33(41)32(25)40)53-21-24-9-11-30(54-24)35(51)39(5,6)7/h9-12,18,22-23,27H,13-17,19-21H2,1-8H3,(H,44,52)(H4,42,43,45)/t22?,27-/m1/s1. The van der Waals surface area contributed by atoms with Crippen molar-refractivity contribution in [1.82, 2.24) is 25.3 Å². The zero-order valence-corrected chi connectivity index (χ0v) is 33.9. The normalized spacial score (nSPS) is 15.0. The Morgan fingerprint density at radius 3 is 2.33 bits per heavy atom. The second-order valence-corrected chi connectivity index (χ2v) is 17.1. The van der Waals surface area contributed by atoms with Gasteiger partial charge < -0.3 is 30.4 Å². The average molecular weight is 787 g/mol. The van der Waals surface area contributed by atoms with E-state index in [1.807, 2.05) is 20.8 Å². The lowest BCUT2D eigenvalue weighted by Gasteiger charge is -2.32. The molecule has 1 unspecified atom stereocenters. The molecule has 294 valence electrons. The number of nitrogens with two attached hydrogens (primary N) is 1. The monoisotopic (exact) mass is 785 g/mol. The Labute approximate surface area is 327 Å². The highest BCUT2D eigenvalue weighted by atomic mass is 35.5. The molecule has 2 amide bonds. The third-order valence-electron chi connectivity index (χ3n) is 9.30. The summed E-state index contributed by atoms with van der Waals surface area (Å²) in [6.07, 6.45) is 2.66. The lowest BCUT2D eigenvalue weighted by molar-refractivity contribution is -0.134. The quantitative estimate of drug-likeness (QED) is 0.0805. The zero-order valence-electron chi connectivity index (χ0n) is 32.4. The van der Waals surface area contributed by atoms with Gasteiger partial charge in [-0.25, -0.2) is 0 Å². The molecule has 0 aliphatic carbocycles. The molecule has 2 aromatic heterocycles. The van der Waals surface area contributed by atoms with Crippen LogP contribution < -0.4 is 21.1 Å². The number of nitrogens with zero attached hydrogens (tertiary/aromatic N) is 3. The van der Waals surface area contributed by atoms with Crippen LogP contribution in [0.5, 0.6) is 5.75 Å². The number of ketones is 2. The number of benzene rings is 1. The summed E-state index contributed by atoms with van der Waals surface area (Å²) in [5, 5.41) is 17.7. The Balaban J connectivity index is 1.32. The van der Waals surface area contributed by atoms with Crippen LogP contribution in [0.25, 0.3) is 0 Å². The molecule has 1 aliphatic rings. The SMILES string of the molecule is CC(C[C@@H](NC(=N)N)C(=O)NCC(=O)N1CCC(c2cc(C(=O)c3ccc(OCc4ccc(C(=O)C(C)(C)C)o4)c(Cl)c3Cl)nn2C)CC1)CC(C)(C)C. The number of likely N-dealkylation sites (tertiary alicyclic amines) is 1. The number of hydrogen-bond donors (Lipinski definition) is 4. The van der Waals surface area contributed by atoms with Crippen LogP contribution in [0.1, 0.15) is 118 Å². The summed E-state index contributed by atoms with van der Waals surface area (Å²) in [6.45, 7) is 14.7. The van der Waals surface area contributed by atoms with E-state index in [-0.39, 0.29) is 86.8 Å². The van der Waals surface area contributed by atoms with Crippen molar-refractivity contribution in [2.75, 3.05) is 19.6 Å². The minimum Gasteiger partial charge on any atom is -0.484 e. The van der Waals surface area contributed by atoms with E-state index in [2.05, 4.69) is 43.4 Å². The number of guanidine groups is 1. The number of amides is 2. The number of hydrogen-bond acceptors (Lipinski definition) is 8. The third kappa shape index (κ3) is 11.1.